The van der Waals surface area contributed by atoms with Crippen molar-refractivity contribution >= 4 is 19.5 Å². The van der Waals surface area contributed by atoms with E-state index in [4.69, 9.17) is 20.5 Å². The second-order valence-corrected chi connectivity index (χ2v) is 5.57. The van der Waals surface area contributed by atoms with Gasteiger partial charge >= 0.3 is 7.60 Å². The summed E-state index contributed by atoms with van der Waals surface area (Å²) >= 11 is 0. The van der Waals surface area contributed by atoms with Gasteiger partial charge in [0.1, 0.15) is 5.82 Å². The SMILES string of the molecule is CCOP(=O)(CCc1nc(N)nc(N)n1)OCC. The molecular formula is C9H18N5O3P. The number of hydrogen-bond donors (Lipinski definition) is 2. The Bertz CT molecular complexity index is 412. The first-order valence-electron chi connectivity index (χ1n) is 5.63. The van der Waals surface area contributed by atoms with Crippen LogP contribution < -0.4 is 11.5 Å². The van der Waals surface area contributed by atoms with E-state index >= 15 is 0 Å². The topological polar surface area (TPSA) is 126 Å². The van der Waals surface area contributed by atoms with Crippen molar-refractivity contribution in [1.82, 2.24) is 15.0 Å². The molecule has 1 rings (SSSR count). The Balaban J connectivity index is 2.69. The molecule has 0 saturated carbocycles. The minimum atomic E-state index is -3.10. The largest absolute Gasteiger partial charge is 0.368 e. The first kappa shape index (κ1) is 14.8. The van der Waals surface area contributed by atoms with Gasteiger partial charge in [0.15, 0.2) is 0 Å². The molecule has 0 fully saturated rings. The summed E-state index contributed by atoms with van der Waals surface area (Å²) in [4.78, 5) is 11.5. The van der Waals surface area contributed by atoms with E-state index in [-0.39, 0.29) is 18.1 Å². The van der Waals surface area contributed by atoms with Gasteiger partial charge in [-0.3, -0.25) is 4.57 Å². The van der Waals surface area contributed by atoms with Crippen LogP contribution in [0.15, 0.2) is 0 Å². The molecule has 0 amide bonds. The number of anilines is 2. The molecule has 0 aliphatic heterocycles. The lowest BCUT2D eigenvalue weighted by molar-refractivity contribution is 0.220. The summed E-state index contributed by atoms with van der Waals surface area (Å²) in [6.07, 6.45) is 0.478. The normalized spacial score (nSPS) is 11.7. The minimum absolute atomic E-state index is 0.0418. The summed E-state index contributed by atoms with van der Waals surface area (Å²) < 4.78 is 22.5. The lowest BCUT2D eigenvalue weighted by Crippen LogP contribution is -2.09. The Kier molecular flexibility index (Phi) is 5.46. The van der Waals surface area contributed by atoms with Gasteiger partial charge in [-0.1, -0.05) is 0 Å². The Hall–Kier alpha value is -1.24. The van der Waals surface area contributed by atoms with E-state index in [1.54, 1.807) is 13.8 Å². The molecule has 0 radical (unpaired) electrons. The molecule has 0 aromatic carbocycles. The molecule has 1 heterocycles. The smallest absolute Gasteiger partial charge is 0.331 e. The summed E-state index contributed by atoms with van der Waals surface area (Å²) in [5.41, 5.74) is 10.9. The Morgan fingerprint density at radius 3 is 2.00 bits per heavy atom. The van der Waals surface area contributed by atoms with E-state index < -0.39 is 7.60 Å². The third kappa shape index (κ3) is 4.56. The number of hydrogen-bond acceptors (Lipinski definition) is 8. The van der Waals surface area contributed by atoms with Crippen molar-refractivity contribution < 1.29 is 13.6 Å². The van der Waals surface area contributed by atoms with Crippen molar-refractivity contribution in [2.75, 3.05) is 30.8 Å². The van der Waals surface area contributed by atoms with Crippen LogP contribution in [0.25, 0.3) is 0 Å². The second-order valence-electron chi connectivity index (χ2n) is 3.39. The van der Waals surface area contributed by atoms with Crippen LogP contribution >= 0.6 is 7.60 Å². The Morgan fingerprint density at radius 2 is 1.56 bits per heavy atom. The van der Waals surface area contributed by atoms with Crippen molar-refractivity contribution in [3.63, 3.8) is 0 Å². The molecule has 18 heavy (non-hydrogen) atoms. The average Bonchev–Trinajstić information content (AvgIpc) is 2.26. The zero-order chi connectivity index (χ0) is 13.6. The van der Waals surface area contributed by atoms with Crippen LogP contribution in [0.1, 0.15) is 19.7 Å². The maximum absolute atomic E-state index is 12.2. The molecule has 9 heteroatoms. The predicted octanol–water partition coefficient (Wildman–Crippen LogP) is 0.845. The zero-order valence-electron chi connectivity index (χ0n) is 10.5. The molecule has 0 saturated heterocycles. The van der Waals surface area contributed by atoms with Crippen molar-refractivity contribution in [2.24, 2.45) is 0 Å². The highest BCUT2D eigenvalue weighted by molar-refractivity contribution is 7.53. The van der Waals surface area contributed by atoms with E-state index in [0.29, 0.717) is 25.5 Å². The Morgan fingerprint density at radius 1 is 1.06 bits per heavy atom. The van der Waals surface area contributed by atoms with Crippen molar-refractivity contribution in [1.29, 1.82) is 0 Å². The third-order valence-corrected chi connectivity index (χ3v) is 4.05. The number of aromatic nitrogens is 3. The quantitative estimate of drug-likeness (QED) is 0.701. The highest BCUT2D eigenvalue weighted by Crippen LogP contribution is 2.48. The van der Waals surface area contributed by atoms with Crippen LogP contribution in [-0.2, 0) is 20.0 Å². The van der Waals surface area contributed by atoms with Crippen LogP contribution in [-0.4, -0.2) is 34.3 Å². The number of rotatable bonds is 7. The molecule has 0 aliphatic carbocycles. The van der Waals surface area contributed by atoms with Crippen molar-refractivity contribution in [3.8, 4) is 0 Å². The fourth-order valence-electron chi connectivity index (χ4n) is 1.37. The summed E-state index contributed by atoms with van der Waals surface area (Å²) in [7, 11) is -3.10. The molecule has 0 unspecified atom stereocenters. The van der Waals surface area contributed by atoms with Crippen molar-refractivity contribution in [3.05, 3.63) is 5.82 Å². The third-order valence-electron chi connectivity index (χ3n) is 1.98. The lowest BCUT2D eigenvalue weighted by atomic mass is 10.4. The fourth-order valence-corrected chi connectivity index (χ4v) is 2.96. The summed E-state index contributed by atoms with van der Waals surface area (Å²) in [5.74, 6) is 0.458. The number of aryl methyl sites for hydroxylation is 1. The van der Waals surface area contributed by atoms with Crippen LogP contribution in [0.4, 0.5) is 11.9 Å². The molecule has 0 atom stereocenters. The molecular weight excluding hydrogens is 257 g/mol. The fraction of sp³-hybridized carbons (Fsp3) is 0.667. The van der Waals surface area contributed by atoms with Crippen LogP contribution in [0.5, 0.6) is 0 Å². The lowest BCUT2D eigenvalue weighted by Gasteiger charge is -2.16. The summed E-state index contributed by atoms with van der Waals surface area (Å²) in [6.45, 7) is 4.15. The predicted molar refractivity (Wildman–Crippen MR) is 68.1 cm³/mol. The molecule has 0 bridgehead atoms. The monoisotopic (exact) mass is 275 g/mol. The van der Waals surface area contributed by atoms with E-state index in [2.05, 4.69) is 15.0 Å². The zero-order valence-corrected chi connectivity index (χ0v) is 11.4. The molecule has 102 valence electrons. The second kappa shape index (κ2) is 6.63. The number of nitrogen functional groups attached to an aromatic ring is 2. The standard InChI is InChI=1S/C9H18N5O3P/c1-3-16-18(15,17-4-2)6-5-7-12-8(10)14-9(11)13-7/h3-6H2,1-2H3,(H4,10,11,12,13,14). The van der Waals surface area contributed by atoms with Gasteiger partial charge in [-0.25, -0.2) is 0 Å². The molecule has 0 spiro atoms. The molecule has 4 N–H and O–H groups in total. The van der Waals surface area contributed by atoms with Crippen LogP contribution in [0.2, 0.25) is 0 Å². The average molecular weight is 275 g/mol. The highest BCUT2D eigenvalue weighted by Gasteiger charge is 2.23. The van der Waals surface area contributed by atoms with Gasteiger partial charge in [0.25, 0.3) is 0 Å². The number of nitrogens with two attached hydrogens (primary N) is 2. The molecule has 1 aromatic rings. The number of nitrogens with zero attached hydrogens (tertiary/aromatic N) is 3. The maximum Gasteiger partial charge on any atom is 0.331 e. The molecule has 8 nitrogen and oxygen atoms in total. The van der Waals surface area contributed by atoms with Gasteiger partial charge in [0, 0.05) is 6.42 Å². The van der Waals surface area contributed by atoms with Gasteiger partial charge in [0.2, 0.25) is 11.9 Å². The first-order chi connectivity index (χ1) is 8.49. The van der Waals surface area contributed by atoms with Crippen LogP contribution in [0.3, 0.4) is 0 Å². The van der Waals surface area contributed by atoms with Gasteiger partial charge in [-0.2, -0.15) is 15.0 Å². The van der Waals surface area contributed by atoms with Crippen LogP contribution in [0, 0.1) is 0 Å². The first-order valence-corrected chi connectivity index (χ1v) is 7.36. The Labute approximate surface area is 106 Å². The van der Waals surface area contributed by atoms with Gasteiger partial charge in [-0.05, 0) is 13.8 Å². The van der Waals surface area contributed by atoms with Crippen molar-refractivity contribution in [2.45, 2.75) is 20.3 Å². The summed E-state index contributed by atoms with van der Waals surface area (Å²) in [6, 6.07) is 0. The van der Waals surface area contributed by atoms with E-state index in [9.17, 15) is 4.57 Å². The summed E-state index contributed by atoms with van der Waals surface area (Å²) in [5, 5.41) is 0. The van der Waals surface area contributed by atoms with E-state index in [1.165, 1.54) is 0 Å². The highest BCUT2D eigenvalue weighted by atomic mass is 31.2. The van der Waals surface area contributed by atoms with Gasteiger partial charge in [0.05, 0.1) is 19.4 Å². The molecule has 1 aromatic heterocycles. The van der Waals surface area contributed by atoms with E-state index in [0.717, 1.165) is 0 Å². The van der Waals surface area contributed by atoms with E-state index in [1.807, 2.05) is 0 Å². The maximum atomic E-state index is 12.2. The van der Waals surface area contributed by atoms with Gasteiger partial charge in [-0.15, -0.1) is 0 Å². The molecule has 0 aliphatic rings. The van der Waals surface area contributed by atoms with Gasteiger partial charge < -0.3 is 20.5 Å². The minimum Gasteiger partial charge on any atom is -0.368 e.